The Labute approximate surface area is 198 Å². The van der Waals surface area contributed by atoms with Crippen LogP contribution in [0.2, 0.25) is 0 Å². The predicted octanol–water partition coefficient (Wildman–Crippen LogP) is 7.31. The van der Waals surface area contributed by atoms with Gasteiger partial charge in [-0.25, -0.2) is 4.79 Å². The molecule has 0 saturated heterocycles. The average molecular weight is 450 g/mol. The van der Waals surface area contributed by atoms with E-state index in [0.29, 0.717) is 19.4 Å². The SMILES string of the molecule is Cc1ccc(C)c(-c2cccc3c(CCCOc4cccc5ccccc45)c(C(=O)O)[nH]c23)c1. The molecule has 34 heavy (non-hydrogen) atoms. The highest BCUT2D eigenvalue weighted by molar-refractivity contribution is 6.03. The van der Waals surface area contributed by atoms with Crippen molar-refractivity contribution in [3.63, 3.8) is 0 Å². The molecule has 5 aromatic rings. The van der Waals surface area contributed by atoms with Gasteiger partial charge in [0, 0.05) is 16.3 Å². The Morgan fingerprint density at radius 3 is 2.50 bits per heavy atom. The highest BCUT2D eigenvalue weighted by atomic mass is 16.5. The number of nitrogens with one attached hydrogen (secondary N) is 1. The van der Waals surface area contributed by atoms with Gasteiger partial charge in [0.05, 0.1) is 12.1 Å². The zero-order valence-corrected chi connectivity index (χ0v) is 19.4. The van der Waals surface area contributed by atoms with Gasteiger partial charge >= 0.3 is 5.97 Å². The Morgan fingerprint density at radius 1 is 0.882 bits per heavy atom. The summed E-state index contributed by atoms with van der Waals surface area (Å²) >= 11 is 0. The van der Waals surface area contributed by atoms with Crippen molar-refractivity contribution >= 4 is 27.6 Å². The van der Waals surface area contributed by atoms with Gasteiger partial charge in [-0.15, -0.1) is 0 Å². The second-order valence-corrected chi connectivity index (χ2v) is 8.76. The highest BCUT2D eigenvalue weighted by Crippen LogP contribution is 2.34. The molecule has 4 heteroatoms. The van der Waals surface area contributed by atoms with Gasteiger partial charge in [0.2, 0.25) is 0 Å². The van der Waals surface area contributed by atoms with E-state index in [0.717, 1.165) is 49.7 Å². The number of carbonyl (C=O) groups is 1. The third-order valence-corrected chi connectivity index (χ3v) is 6.42. The van der Waals surface area contributed by atoms with Gasteiger partial charge in [0.15, 0.2) is 0 Å². The summed E-state index contributed by atoms with van der Waals surface area (Å²) in [4.78, 5) is 15.3. The third-order valence-electron chi connectivity index (χ3n) is 6.42. The molecule has 0 bridgehead atoms. The molecular formula is C30H27NO3. The van der Waals surface area contributed by atoms with Gasteiger partial charge in [-0.3, -0.25) is 0 Å². The molecule has 0 aliphatic carbocycles. The molecule has 4 nitrogen and oxygen atoms in total. The summed E-state index contributed by atoms with van der Waals surface area (Å²) in [6.07, 6.45) is 1.33. The summed E-state index contributed by atoms with van der Waals surface area (Å²) in [5.74, 6) is -0.0826. The number of hydrogen-bond acceptors (Lipinski definition) is 2. The normalized spacial score (nSPS) is 11.2. The molecule has 170 valence electrons. The van der Waals surface area contributed by atoms with Gasteiger partial charge in [-0.2, -0.15) is 0 Å². The smallest absolute Gasteiger partial charge is 0.352 e. The maximum atomic E-state index is 12.1. The molecular weight excluding hydrogens is 422 g/mol. The van der Waals surface area contributed by atoms with Crippen molar-refractivity contribution in [3.8, 4) is 16.9 Å². The van der Waals surface area contributed by atoms with E-state index in [-0.39, 0.29) is 5.69 Å². The summed E-state index contributed by atoms with van der Waals surface area (Å²) < 4.78 is 6.09. The average Bonchev–Trinajstić information content (AvgIpc) is 3.22. The number of aromatic carboxylic acids is 1. The van der Waals surface area contributed by atoms with E-state index in [9.17, 15) is 9.90 Å². The Morgan fingerprint density at radius 2 is 1.65 bits per heavy atom. The van der Waals surface area contributed by atoms with Crippen molar-refractivity contribution < 1.29 is 14.6 Å². The largest absolute Gasteiger partial charge is 0.493 e. The van der Waals surface area contributed by atoms with E-state index in [1.807, 2.05) is 36.4 Å². The van der Waals surface area contributed by atoms with Crippen LogP contribution in [0.25, 0.3) is 32.8 Å². The zero-order valence-electron chi connectivity index (χ0n) is 19.4. The number of carboxylic acids is 1. The number of aromatic nitrogens is 1. The van der Waals surface area contributed by atoms with Gasteiger partial charge in [-0.1, -0.05) is 78.4 Å². The Balaban J connectivity index is 1.43. The molecule has 2 N–H and O–H groups in total. The van der Waals surface area contributed by atoms with E-state index >= 15 is 0 Å². The lowest BCUT2D eigenvalue weighted by atomic mass is 9.95. The number of hydrogen-bond donors (Lipinski definition) is 2. The second-order valence-electron chi connectivity index (χ2n) is 8.76. The first-order valence-corrected chi connectivity index (χ1v) is 11.6. The predicted molar refractivity (Wildman–Crippen MR) is 138 cm³/mol. The van der Waals surface area contributed by atoms with Crippen molar-refractivity contribution in [2.75, 3.05) is 6.61 Å². The second kappa shape index (κ2) is 9.06. The van der Waals surface area contributed by atoms with Crippen LogP contribution in [0.1, 0.15) is 33.6 Å². The molecule has 0 radical (unpaired) electrons. The lowest BCUT2D eigenvalue weighted by molar-refractivity contribution is 0.0690. The highest BCUT2D eigenvalue weighted by Gasteiger charge is 2.19. The number of aromatic amines is 1. The minimum absolute atomic E-state index is 0.262. The number of benzene rings is 4. The fourth-order valence-electron chi connectivity index (χ4n) is 4.72. The number of carboxylic acid groups (broad SMARTS) is 1. The molecule has 0 spiro atoms. The molecule has 0 atom stereocenters. The van der Waals surface area contributed by atoms with Crippen molar-refractivity contribution in [2.24, 2.45) is 0 Å². The molecule has 4 aromatic carbocycles. The number of aryl methyl sites for hydroxylation is 3. The van der Waals surface area contributed by atoms with Crippen LogP contribution in [0.3, 0.4) is 0 Å². The van der Waals surface area contributed by atoms with Crippen LogP contribution in [0, 0.1) is 13.8 Å². The minimum atomic E-state index is -0.937. The molecule has 1 aromatic heterocycles. The summed E-state index contributed by atoms with van der Waals surface area (Å²) in [5.41, 5.74) is 6.45. The molecule has 0 saturated carbocycles. The summed E-state index contributed by atoms with van der Waals surface area (Å²) in [5, 5.41) is 13.1. The van der Waals surface area contributed by atoms with Crippen LogP contribution >= 0.6 is 0 Å². The van der Waals surface area contributed by atoms with Crippen LogP contribution in [-0.2, 0) is 6.42 Å². The van der Waals surface area contributed by atoms with Crippen LogP contribution in [0.15, 0.2) is 78.9 Å². The van der Waals surface area contributed by atoms with Crippen molar-refractivity contribution in [2.45, 2.75) is 26.7 Å². The molecule has 0 amide bonds. The van der Waals surface area contributed by atoms with Crippen molar-refractivity contribution in [3.05, 3.63) is 101 Å². The summed E-state index contributed by atoms with van der Waals surface area (Å²) in [6.45, 7) is 4.67. The first-order valence-electron chi connectivity index (χ1n) is 11.6. The molecule has 0 aliphatic heterocycles. The fourth-order valence-corrected chi connectivity index (χ4v) is 4.72. The van der Waals surface area contributed by atoms with E-state index < -0.39 is 5.97 Å². The lowest BCUT2D eigenvalue weighted by Gasteiger charge is -2.10. The zero-order chi connectivity index (χ0) is 23.7. The Kier molecular flexibility index (Phi) is 5.81. The maximum Gasteiger partial charge on any atom is 0.352 e. The maximum absolute atomic E-state index is 12.1. The lowest BCUT2D eigenvalue weighted by Crippen LogP contribution is -2.04. The molecule has 0 aliphatic rings. The number of para-hydroxylation sites is 1. The van der Waals surface area contributed by atoms with Crippen LogP contribution in [-0.4, -0.2) is 22.7 Å². The van der Waals surface area contributed by atoms with Crippen LogP contribution in [0.4, 0.5) is 0 Å². The quantitative estimate of drug-likeness (QED) is 0.256. The van der Waals surface area contributed by atoms with Gasteiger partial charge in [-0.05, 0) is 54.8 Å². The van der Waals surface area contributed by atoms with Crippen LogP contribution in [0.5, 0.6) is 5.75 Å². The Bertz CT molecular complexity index is 1510. The van der Waals surface area contributed by atoms with Crippen molar-refractivity contribution in [1.29, 1.82) is 0 Å². The topological polar surface area (TPSA) is 62.3 Å². The fraction of sp³-hybridized carbons (Fsp3) is 0.167. The van der Waals surface area contributed by atoms with E-state index in [4.69, 9.17) is 4.74 Å². The number of rotatable bonds is 7. The molecule has 1 heterocycles. The summed E-state index contributed by atoms with van der Waals surface area (Å²) in [6, 6.07) is 26.6. The standard InChI is InChI=1S/C30H27NO3/c1-19-15-16-20(2)26(18-19)25-12-6-11-23-24(29(30(32)33)31-28(23)25)13-7-17-34-27-14-5-9-21-8-3-4-10-22(21)27/h3-6,8-12,14-16,18,31H,7,13,17H2,1-2H3,(H,32,33). The number of fused-ring (bicyclic) bond motifs is 2. The third kappa shape index (κ3) is 4.03. The molecule has 5 rings (SSSR count). The number of H-pyrrole nitrogens is 1. The van der Waals surface area contributed by atoms with Gasteiger partial charge in [0.1, 0.15) is 11.4 Å². The van der Waals surface area contributed by atoms with Gasteiger partial charge < -0.3 is 14.8 Å². The summed E-state index contributed by atoms with van der Waals surface area (Å²) in [7, 11) is 0. The first kappa shape index (κ1) is 21.8. The van der Waals surface area contributed by atoms with Crippen molar-refractivity contribution in [1.82, 2.24) is 4.98 Å². The molecule has 0 unspecified atom stereocenters. The Hall–Kier alpha value is -4.05. The minimum Gasteiger partial charge on any atom is -0.493 e. The first-order chi connectivity index (χ1) is 16.5. The monoisotopic (exact) mass is 449 g/mol. The van der Waals surface area contributed by atoms with Crippen LogP contribution < -0.4 is 4.74 Å². The van der Waals surface area contributed by atoms with E-state index in [2.05, 4.69) is 61.3 Å². The van der Waals surface area contributed by atoms with E-state index in [1.54, 1.807) is 0 Å². The van der Waals surface area contributed by atoms with E-state index in [1.165, 1.54) is 5.56 Å². The molecule has 0 fully saturated rings. The number of ether oxygens (including phenoxy) is 1. The van der Waals surface area contributed by atoms with Gasteiger partial charge in [0.25, 0.3) is 0 Å².